The summed E-state index contributed by atoms with van der Waals surface area (Å²) in [6.07, 6.45) is 3.55. The predicted octanol–water partition coefficient (Wildman–Crippen LogP) is 0.601. The minimum atomic E-state index is -1.19. The molecule has 0 saturated carbocycles. The van der Waals surface area contributed by atoms with Crippen LogP contribution in [0.25, 0.3) is 0 Å². The van der Waals surface area contributed by atoms with Crippen LogP contribution in [-0.4, -0.2) is 68.7 Å². The molecule has 0 radical (unpaired) electrons. The average Bonchev–Trinajstić information content (AvgIpc) is 3.19. The molecule has 2 aliphatic rings. The van der Waals surface area contributed by atoms with E-state index in [1.807, 2.05) is 6.92 Å². The number of aliphatic carboxylic acids is 1. The largest absolute Gasteiger partial charge is 0.477 e. The van der Waals surface area contributed by atoms with Crippen molar-refractivity contribution in [2.45, 2.75) is 31.2 Å². The van der Waals surface area contributed by atoms with Crippen molar-refractivity contribution in [1.29, 1.82) is 0 Å². The topological polar surface area (TPSA) is 150 Å². The Bertz CT molecular complexity index is 914. The highest BCUT2D eigenvalue weighted by Crippen LogP contribution is 2.37. The monoisotopic (exact) mass is 453 g/mol. The van der Waals surface area contributed by atoms with Gasteiger partial charge in [-0.1, -0.05) is 18.5 Å². The van der Waals surface area contributed by atoms with Crippen LogP contribution in [0.4, 0.5) is 5.13 Å². The number of anilines is 1. The van der Waals surface area contributed by atoms with Gasteiger partial charge in [0.25, 0.3) is 11.8 Å². The van der Waals surface area contributed by atoms with E-state index in [1.54, 1.807) is 0 Å². The summed E-state index contributed by atoms with van der Waals surface area (Å²) < 4.78 is 0. The van der Waals surface area contributed by atoms with Crippen molar-refractivity contribution in [3.8, 4) is 0 Å². The van der Waals surface area contributed by atoms with Crippen molar-refractivity contribution in [1.82, 2.24) is 15.2 Å². The zero-order chi connectivity index (χ0) is 21.7. The number of hydrogen-bond donors (Lipinski definition) is 3. The standard InChI is InChI=1S/C17H19N5O6S2/c1-2-3-5-28-21-11(9-7-30-17(19-9)18-8-23)13(24)20-12-14(25)22-10(16(26)27)4-6-29-15(12)22/h4,7-8,12,15H,2-3,5-6H2,1H3,(H,20,24)(H,26,27)(H,18,19,23)/t12?,15-/m1/s1. The molecule has 1 fully saturated rings. The third kappa shape index (κ3) is 4.46. The Morgan fingerprint density at radius 2 is 2.30 bits per heavy atom. The fraction of sp³-hybridized carbons (Fsp3) is 0.412. The second-order valence-corrected chi connectivity index (χ2v) is 8.21. The Hall–Kier alpha value is -2.93. The molecule has 3 amide bonds. The number of carbonyl (C=O) groups excluding carboxylic acids is 3. The summed E-state index contributed by atoms with van der Waals surface area (Å²) in [5, 5.41) is 19.4. The number of nitrogens with one attached hydrogen (secondary N) is 2. The number of carboxylic acid groups (broad SMARTS) is 1. The van der Waals surface area contributed by atoms with E-state index in [0.29, 0.717) is 18.8 Å². The number of nitrogens with zero attached hydrogens (tertiary/aromatic N) is 3. The smallest absolute Gasteiger partial charge is 0.352 e. The van der Waals surface area contributed by atoms with Gasteiger partial charge in [-0.15, -0.1) is 23.1 Å². The predicted molar refractivity (Wildman–Crippen MR) is 110 cm³/mol. The summed E-state index contributed by atoms with van der Waals surface area (Å²) in [5.41, 5.74) is -0.0399. The molecule has 0 aromatic carbocycles. The van der Waals surface area contributed by atoms with Crippen LogP contribution < -0.4 is 10.6 Å². The summed E-state index contributed by atoms with van der Waals surface area (Å²) in [5.74, 6) is -1.97. The Morgan fingerprint density at radius 1 is 1.50 bits per heavy atom. The normalized spacial score (nSPS) is 20.6. The summed E-state index contributed by atoms with van der Waals surface area (Å²) in [6.45, 7) is 2.28. The number of carboxylic acids is 1. The lowest BCUT2D eigenvalue weighted by Crippen LogP contribution is -2.70. The molecule has 3 rings (SSSR count). The van der Waals surface area contributed by atoms with Crippen molar-refractivity contribution >= 4 is 58.1 Å². The Labute approximate surface area is 179 Å². The Balaban J connectivity index is 1.75. The number of rotatable bonds is 10. The van der Waals surface area contributed by atoms with Crippen LogP contribution in [0.3, 0.4) is 0 Å². The molecule has 13 heteroatoms. The number of unbranched alkanes of at least 4 members (excludes halogenated alkanes) is 1. The molecule has 160 valence electrons. The van der Waals surface area contributed by atoms with Gasteiger partial charge in [0.2, 0.25) is 6.41 Å². The highest BCUT2D eigenvalue weighted by atomic mass is 32.2. The van der Waals surface area contributed by atoms with E-state index in [9.17, 15) is 24.3 Å². The van der Waals surface area contributed by atoms with E-state index in [0.717, 1.165) is 29.1 Å². The van der Waals surface area contributed by atoms with Gasteiger partial charge in [0, 0.05) is 11.1 Å². The van der Waals surface area contributed by atoms with Crippen LogP contribution in [0, 0.1) is 0 Å². The summed E-state index contributed by atoms with van der Waals surface area (Å²) in [6, 6.07) is -0.891. The number of aromatic nitrogens is 1. The van der Waals surface area contributed by atoms with E-state index in [-0.39, 0.29) is 22.2 Å². The molecule has 0 bridgehead atoms. The fourth-order valence-electron chi connectivity index (χ4n) is 2.77. The fourth-order valence-corrected chi connectivity index (χ4v) is 4.62. The van der Waals surface area contributed by atoms with Gasteiger partial charge in [0.05, 0.1) is 0 Å². The first-order chi connectivity index (χ1) is 14.5. The lowest BCUT2D eigenvalue weighted by atomic mass is 10.0. The Kier molecular flexibility index (Phi) is 7.05. The van der Waals surface area contributed by atoms with Crippen molar-refractivity contribution in [2.24, 2.45) is 5.16 Å². The first-order valence-corrected chi connectivity index (χ1v) is 11.0. The summed E-state index contributed by atoms with van der Waals surface area (Å²) in [7, 11) is 0. The maximum absolute atomic E-state index is 12.9. The van der Waals surface area contributed by atoms with E-state index in [4.69, 9.17) is 4.84 Å². The van der Waals surface area contributed by atoms with Crippen LogP contribution in [-0.2, 0) is 24.0 Å². The van der Waals surface area contributed by atoms with E-state index < -0.39 is 29.2 Å². The SMILES string of the molecule is CCCCON=C(C(=O)NC1C(=O)N2C(C(=O)O)=CCS[C@H]12)c1csc(NC=O)n1. The molecule has 30 heavy (non-hydrogen) atoms. The molecule has 3 N–H and O–H groups in total. The van der Waals surface area contributed by atoms with Crippen LogP contribution in [0.1, 0.15) is 25.5 Å². The minimum absolute atomic E-state index is 0.0879. The molecule has 3 heterocycles. The number of carbonyl (C=O) groups is 4. The van der Waals surface area contributed by atoms with Crippen molar-refractivity contribution < 1.29 is 29.1 Å². The zero-order valence-corrected chi connectivity index (χ0v) is 17.5. The molecular formula is C17H19N5O6S2. The third-order valence-corrected chi connectivity index (χ3v) is 6.20. The quantitative estimate of drug-likeness (QED) is 0.153. The summed E-state index contributed by atoms with van der Waals surface area (Å²) >= 11 is 2.45. The third-order valence-electron chi connectivity index (χ3n) is 4.24. The second kappa shape index (κ2) is 9.71. The molecule has 1 aromatic heterocycles. The highest BCUT2D eigenvalue weighted by Gasteiger charge is 2.53. The van der Waals surface area contributed by atoms with Gasteiger partial charge in [-0.3, -0.25) is 19.3 Å². The minimum Gasteiger partial charge on any atom is -0.477 e. The molecule has 11 nitrogen and oxygen atoms in total. The molecule has 1 aromatic rings. The van der Waals surface area contributed by atoms with Crippen LogP contribution in [0.5, 0.6) is 0 Å². The first kappa shape index (κ1) is 21.8. The molecule has 0 aliphatic carbocycles. The van der Waals surface area contributed by atoms with Crippen LogP contribution in [0.2, 0.25) is 0 Å². The number of β-lactam (4-membered cyclic amide) rings is 1. The molecule has 1 saturated heterocycles. The van der Waals surface area contributed by atoms with Gasteiger partial charge in [-0.2, -0.15) is 0 Å². The number of thioether (sulfide) groups is 1. The molecule has 2 aliphatic heterocycles. The number of amides is 3. The molecule has 0 spiro atoms. The van der Waals surface area contributed by atoms with Crippen LogP contribution in [0.15, 0.2) is 22.3 Å². The average molecular weight is 454 g/mol. The lowest BCUT2D eigenvalue weighted by Gasteiger charge is -2.48. The number of fused-ring (bicyclic) bond motifs is 1. The van der Waals surface area contributed by atoms with E-state index in [1.165, 1.54) is 23.2 Å². The maximum atomic E-state index is 12.9. The van der Waals surface area contributed by atoms with E-state index in [2.05, 4.69) is 20.8 Å². The lowest BCUT2D eigenvalue weighted by molar-refractivity contribution is -0.150. The van der Waals surface area contributed by atoms with Gasteiger partial charge in [-0.25, -0.2) is 9.78 Å². The van der Waals surface area contributed by atoms with Gasteiger partial charge < -0.3 is 20.6 Å². The van der Waals surface area contributed by atoms with Crippen molar-refractivity contribution in [3.63, 3.8) is 0 Å². The number of thiazole rings is 1. The maximum Gasteiger partial charge on any atom is 0.352 e. The van der Waals surface area contributed by atoms with Crippen molar-refractivity contribution in [2.75, 3.05) is 17.7 Å². The van der Waals surface area contributed by atoms with Gasteiger partial charge in [-0.05, 0) is 12.5 Å². The Morgan fingerprint density at radius 3 is 3.00 bits per heavy atom. The van der Waals surface area contributed by atoms with Gasteiger partial charge in [0.15, 0.2) is 10.8 Å². The van der Waals surface area contributed by atoms with E-state index >= 15 is 0 Å². The van der Waals surface area contributed by atoms with Gasteiger partial charge >= 0.3 is 5.97 Å². The second-order valence-electron chi connectivity index (χ2n) is 6.20. The number of hydrogen-bond acceptors (Lipinski definition) is 9. The number of oxime groups is 1. The van der Waals surface area contributed by atoms with Crippen LogP contribution >= 0.6 is 23.1 Å². The summed E-state index contributed by atoms with van der Waals surface area (Å²) in [4.78, 5) is 57.7. The zero-order valence-electron chi connectivity index (χ0n) is 15.9. The van der Waals surface area contributed by atoms with Gasteiger partial charge in [0.1, 0.15) is 29.4 Å². The molecule has 1 unspecified atom stereocenters. The molecule has 2 atom stereocenters. The highest BCUT2D eigenvalue weighted by molar-refractivity contribution is 8.00. The van der Waals surface area contributed by atoms with Crippen molar-refractivity contribution in [3.05, 3.63) is 22.8 Å². The molecular weight excluding hydrogens is 434 g/mol. The first-order valence-electron chi connectivity index (χ1n) is 9.03.